The molecule has 0 aromatic heterocycles. The molecular formula is C40H50O4. The Hall–Kier alpha value is -3.92. The Bertz CT molecular complexity index is 1410. The van der Waals surface area contributed by atoms with E-state index in [9.17, 15) is 20.4 Å². The monoisotopic (exact) mass is 594 g/mol. The minimum Gasteiger partial charge on any atom is -0.508 e. The number of hydrogen-bond donors (Lipinski definition) is 4. The van der Waals surface area contributed by atoms with Gasteiger partial charge in [-0.25, -0.2) is 0 Å². The van der Waals surface area contributed by atoms with Crippen LogP contribution in [0, 0.1) is 55.4 Å². The van der Waals surface area contributed by atoms with Gasteiger partial charge in [-0.3, -0.25) is 0 Å². The number of phenolic OH excluding ortho intramolecular Hbond substituents is 4. The van der Waals surface area contributed by atoms with Crippen LogP contribution in [0.4, 0.5) is 0 Å². The van der Waals surface area contributed by atoms with E-state index in [4.69, 9.17) is 0 Å². The summed E-state index contributed by atoms with van der Waals surface area (Å²) in [6.07, 6.45) is 6.01. The van der Waals surface area contributed by atoms with Gasteiger partial charge in [-0.05, 0) is 159 Å². The third-order valence-electron chi connectivity index (χ3n) is 9.50. The molecule has 4 aromatic rings. The van der Waals surface area contributed by atoms with Crippen molar-refractivity contribution in [3.05, 3.63) is 115 Å². The van der Waals surface area contributed by atoms with Crippen molar-refractivity contribution in [3.8, 4) is 23.0 Å². The van der Waals surface area contributed by atoms with Crippen LogP contribution in [0.1, 0.15) is 117 Å². The second kappa shape index (κ2) is 13.8. The fourth-order valence-corrected chi connectivity index (χ4v) is 6.92. The van der Waals surface area contributed by atoms with Gasteiger partial charge in [0.15, 0.2) is 0 Å². The number of rotatable bonds is 11. The molecule has 0 saturated heterocycles. The average molecular weight is 595 g/mol. The highest BCUT2D eigenvalue weighted by Crippen LogP contribution is 2.42. The first-order valence-corrected chi connectivity index (χ1v) is 16.0. The van der Waals surface area contributed by atoms with Crippen molar-refractivity contribution in [2.24, 2.45) is 0 Å². The molecule has 0 atom stereocenters. The maximum atomic E-state index is 10.7. The number of hydrogen-bond acceptors (Lipinski definition) is 4. The molecule has 0 aliphatic carbocycles. The lowest BCUT2D eigenvalue weighted by Gasteiger charge is -2.25. The molecule has 234 valence electrons. The third-order valence-corrected chi connectivity index (χ3v) is 9.50. The van der Waals surface area contributed by atoms with Crippen LogP contribution >= 0.6 is 0 Å². The summed E-state index contributed by atoms with van der Waals surface area (Å²) < 4.78 is 0. The first kappa shape index (κ1) is 33.0. The Balaban J connectivity index is 1.54. The molecule has 44 heavy (non-hydrogen) atoms. The van der Waals surface area contributed by atoms with Crippen molar-refractivity contribution in [1.82, 2.24) is 0 Å². The van der Waals surface area contributed by atoms with E-state index in [0.29, 0.717) is 23.0 Å². The minimum absolute atomic E-state index is 0.0789. The van der Waals surface area contributed by atoms with Crippen LogP contribution in [0.15, 0.2) is 48.5 Å². The van der Waals surface area contributed by atoms with Crippen molar-refractivity contribution in [1.29, 1.82) is 0 Å². The van der Waals surface area contributed by atoms with Gasteiger partial charge < -0.3 is 20.4 Å². The van der Waals surface area contributed by atoms with Crippen molar-refractivity contribution in [2.75, 3.05) is 0 Å². The number of benzene rings is 4. The predicted molar refractivity (Wildman–Crippen MR) is 182 cm³/mol. The van der Waals surface area contributed by atoms with Gasteiger partial charge in [-0.15, -0.1) is 0 Å². The molecule has 0 aliphatic heterocycles. The van der Waals surface area contributed by atoms with Crippen LogP contribution in [0.3, 0.4) is 0 Å². The van der Waals surface area contributed by atoms with Crippen molar-refractivity contribution < 1.29 is 20.4 Å². The van der Waals surface area contributed by atoms with Crippen molar-refractivity contribution >= 4 is 0 Å². The first-order chi connectivity index (χ1) is 20.8. The fraction of sp³-hybridized carbons (Fsp3) is 0.400. The molecule has 4 nitrogen and oxygen atoms in total. The smallest absolute Gasteiger partial charge is 0.119 e. The Morgan fingerprint density at radius 2 is 0.591 bits per heavy atom. The van der Waals surface area contributed by atoms with E-state index in [1.54, 1.807) is 0 Å². The lowest BCUT2D eigenvalue weighted by molar-refractivity contribution is 0.464. The van der Waals surface area contributed by atoms with Gasteiger partial charge in [-0.2, -0.15) is 0 Å². The summed E-state index contributed by atoms with van der Waals surface area (Å²) >= 11 is 0. The zero-order valence-electron chi connectivity index (χ0n) is 27.8. The zero-order chi connectivity index (χ0) is 32.3. The van der Waals surface area contributed by atoms with Crippen LogP contribution in [-0.4, -0.2) is 20.4 Å². The molecule has 0 spiro atoms. The van der Waals surface area contributed by atoms with Gasteiger partial charge in [0.2, 0.25) is 0 Å². The van der Waals surface area contributed by atoms with Gasteiger partial charge in [0.05, 0.1) is 0 Å². The van der Waals surface area contributed by atoms with Gasteiger partial charge in [0.1, 0.15) is 23.0 Å². The summed E-state index contributed by atoms with van der Waals surface area (Å²) in [4.78, 5) is 0. The van der Waals surface area contributed by atoms with Gasteiger partial charge >= 0.3 is 0 Å². The normalized spacial score (nSPS) is 11.6. The topological polar surface area (TPSA) is 80.9 Å². The number of phenols is 4. The van der Waals surface area contributed by atoms with E-state index in [1.165, 1.54) is 0 Å². The van der Waals surface area contributed by atoms with E-state index >= 15 is 0 Å². The minimum atomic E-state index is 0.0789. The van der Waals surface area contributed by atoms with Crippen LogP contribution < -0.4 is 0 Å². The highest BCUT2D eigenvalue weighted by Gasteiger charge is 2.24. The summed E-state index contributed by atoms with van der Waals surface area (Å²) in [6, 6.07) is 16.0. The molecule has 4 N–H and O–H groups in total. The second-order valence-electron chi connectivity index (χ2n) is 13.1. The summed E-state index contributed by atoms with van der Waals surface area (Å²) in [5.74, 6) is 1.44. The lowest BCUT2D eigenvalue weighted by atomic mass is 9.80. The highest BCUT2D eigenvalue weighted by atomic mass is 16.3. The highest BCUT2D eigenvalue weighted by molar-refractivity contribution is 5.53. The number of unbranched alkanes of at least 4 members (excludes halogenated alkanes) is 3. The molecular weight excluding hydrogens is 544 g/mol. The maximum absolute atomic E-state index is 10.7. The predicted octanol–water partition coefficient (Wildman–Crippen LogP) is 10.3. The largest absolute Gasteiger partial charge is 0.508 e. The maximum Gasteiger partial charge on any atom is 0.119 e. The molecule has 0 radical (unpaired) electrons. The second-order valence-corrected chi connectivity index (χ2v) is 13.1. The summed E-state index contributed by atoms with van der Waals surface area (Å²) in [6.45, 7) is 16.0. The van der Waals surface area contributed by atoms with E-state index in [2.05, 4.69) is 24.3 Å². The Morgan fingerprint density at radius 3 is 0.818 bits per heavy atom. The number of aryl methyl sites for hydroxylation is 4. The molecule has 0 saturated carbocycles. The Kier molecular flexibility index (Phi) is 10.3. The van der Waals surface area contributed by atoms with Crippen LogP contribution in [-0.2, 0) is 0 Å². The van der Waals surface area contributed by atoms with E-state index in [-0.39, 0.29) is 11.8 Å². The quantitative estimate of drug-likeness (QED) is 0.130. The fourth-order valence-electron chi connectivity index (χ4n) is 6.92. The van der Waals surface area contributed by atoms with Gasteiger partial charge in [-0.1, -0.05) is 49.9 Å². The van der Waals surface area contributed by atoms with Crippen LogP contribution in [0.5, 0.6) is 23.0 Å². The summed E-state index contributed by atoms with van der Waals surface area (Å²) in [7, 11) is 0. The molecule has 0 unspecified atom stereocenters. The molecule has 4 rings (SSSR count). The van der Waals surface area contributed by atoms with Crippen molar-refractivity contribution in [2.45, 2.75) is 106 Å². The van der Waals surface area contributed by atoms with E-state index < -0.39 is 0 Å². The lowest BCUT2D eigenvalue weighted by Crippen LogP contribution is -2.08. The molecule has 0 heterocycles. The SMILES string of the molecule is Cc1cc(O)c(C)c(C(CCCCCCC(c2cc(C)cc(O)c2C)c2cc(C)cc(O)c2C)c2cc(C)cc(O)c2C)c1. The molecule has 0 amide bonds. The summed E-state index contributed by atoms with van der Waals surface area (Å²) in [5.41, 5.74) is 12.2. The van der Waals surface area contributed by atoms with E-state index in [1.807, 2.05) is 79.7 Å². The molecule has 0 fully saturated rings. The standard InChI is InChI=1S/C40H50O4/c1-23-15-33(27(5)37(41)19-23)31(34-16-24(2)20-38(42)28(34)6)13-11-9-10-12-14-32(35-17-25(3)21-39(43)29(35)7)36-18-26(4)22-40(44)30(36)8/h15-22,31-32,41-44H,9-14H2,1-8H3. The van der Waals surface area contributed by atoms with E-state index in [0.717, 1.165) is 105 Å². The van der Waals surface area contributed by atoms with Crippen LogP contribution in [0.2, 0.25) is 0 Å². The van der Waals surface area contributed by atoms with Gasteiger partial charge in [0, 0.05) is 11.8 Å². The van der Waals surface area contributed by atoms with Gasteiger partial charge in [0.25, 0.3) is 0 Å². The van der Waals surface area contributed by atoms with Crippen LogP contribution in [0.25, 0.3) is 0 Å². The Labute approximate surface area is 264 Å². The first-order valence-electron chi connectivity index (χ1n) is 16.0. The third kappa shape index (κ3) is 7.23. The molecule has 4 aromatic carbocycles. The number of aromatic hydroxyl groups is 4. The molecule has 0 bridgehead atoms. The Morgan fingerprint density at radius 1 is 0.364 bits per heavy atom. The van der Waals surface area contributed by atoms with Crippen molar-refractivity contribution in [3.63, 3.8) is 0 Å². The average Bonchev–Trinajstić information content (AvgIpc) is 2.95. The molecule has 0 aliphatic rings. The molecule has 4 heteroatoms. The zero-order valence-corrected chi connectivity index (χ0v) is 27.8. The summed E-state index contributed by atoms with van der Waals surface area (Å²) in [5, 5.41) is 42.7.